The molecule has 1 amide bonds. The fourth-order valence-corrected chi connectivity index (χ4v) is 3.80. The number of likely N-dealkylation sites (tertiary alicyclic amines) is 1. The van der Waals surface area contributed by atoms with Crippen molar-refractivity contribution in [2.75, 3.05) is 26.7 Å². The van der Waals surface area contributed by atoms with Crippen molar-refractivity contribution in [3.8, 4) is 5.75 Å². The quantitative estimate of drug-likeness (QED) is 0.584. The minimum atomic E-state index is -0.498. The summed E-state index contributed by atoms with van der Waals surface area (Å²) >= 11 is 0. The molecular formula is C21H25N3O4. The van der Waals surface area contributed by atoms with E-state index >= 15 is 0 Å². The highest BCUT2D eigenvalue weighted by molar-refractivity contribution is 5.98. The van der Waals surface area contributed by atoms with Crippen LogP contribution in [-0.2, 0) is 0 Å². The number of benzene rings is 2. The first-order valence-electron chi connectivity index (χ1n) is 9.42. The monoisotopic (exact) mass is 383 g/mol. The third-order valence-corrected chi connectivity index (χ3v) is 5.20. The molecule has 1 aliphatic heterocycles. The van der Waals surface area contributed by atoms with Crippen molar-refractivity contribution in [1.29, 1.82) is 0 Å². The average Bonchev–Trinajstić information content (AvgIpc) is 3.22. The summed E-state index contributed by atoms with van der Waals surface area (Å²) in [6.07, 6.45) is 2.23. The summed E-state index contributed by atoms with van der Waals surface area (Å²) in [4.78, 5) is 26.0. The minimum Gasteiger partial charge on any atom is -0.496 e. The Hall–Kier alpha value is -2.93. The van der Waals surface area contributed by atoms with Crippen molar-refractivity contribution in [3.05, 3.63) is 69.3 Å². The van der Waals surface area contributed by atoms with Crippen LogP contribution >= 0.6 is 0 Å². The molecule has 7 nitrogen and oxygen atoms in total. The maximum Gasteiger partial charge on any atom is 0.285 e. The Morgan fingerprint density at radius 2 is 1.93 bits per heavy atom. The Bertz CT molecular complexity index is 862. The van der Waals surface area contributed by atoms with Gasteiger partial charge in [-0.25, -0.2) is 0 Å². The molecule has 1 N–H and O–H groups in total. The Morgan fingerprint density at radius 1 is 1.21 bits per heavy atom. The molecule has 3 rings (SSSR count). The molecular weight excluding hydrogens is 358 g/mol. The van der Waals surface area contributed by atoms with Crippen LogP contribution < -0.4 is 10.1 Å². The number of nitro groups is 1. The van der Waals surface area contributed by atoms with Crippen molar-refractivity contribution in [3.63, 3.8) is 0 Å². The summed E-state index contributed by atoms with van der Waals surface area (Å²) in [6, 6.07) is 12.5. The minimum absolute atomic E-state index is 0.0496. The summed E-state index contributed by atoms with van der Waals surface area (Å²) in [5, 5.41) is 14.3. The first-order chi connectivity index (χ1) is 13.5. The van der Waals surface area contributed by atoms with Crippen LogP contribution in [0.25, 0.3) is 0 Å². The van der Waals surface area contributed by atoms with E-state index in [-0.39, 0.29) is 17.3 Å². The standard InChI is InChI=1S/C21H25N3O4/c1-15-8-7-10-17(20(15)24(26)27)21(25)22-14-18(23-12-5-6-13-23)16-9-3-4-11-19(16)28-2/h3-4,7-11,18H,5-6,12-14H2,1-2H3,(H,22,25). The lowest BCUT2D eigenvalue weighted by Crippen LogP contribution is -2.37. The van der Waals surface area contributed by atoms with Gasteiger partial charge in [0.15, 0.2) is 0 Å². The number of aryl methyl sites for hydroxylation is 1. The van der Waals surface area contributed by atoms with Crippen LogP contribution in [0, 0.1) is 17.0 Å². The highest BCUT2D eigenvalue weighted by Crippen LogP contribution is 2.31. The van der Waals surface area contributed by atoms with Crippen LogP contribution in [-0.4, -0.2) is 42.5 Å². The Morgan fingerprint density at radius 3 is 2.61 bits per heavy atom. The van der Waals surface area contributed by atoms with Crippen LogP contribution in [0.15, 0.2) is 42.5 Å². The number of rotatable bonds is 7. The zero-order valence-electron chi connectivity index (χ0n) is 16.2. The number of nitrogens with one attached hydrogen (secondary N) is 1. The largest absolute Gasteiger partial charge is 0.496 e. The summed E-state index contributed by atoms with van der Waals surface area (Å²) in [6.45, 7) is 3.88. The smallest absolute Gasteiger partial charge is 0.285 e. The van der Waals surface area contributed by atoms with E-state index in [1.165, 1.54) is 6.07 Å². The number of ether oxygens (including phenoxy) is 1. The van der Waals surface area contributed by atoms with E-state index in [0.717, 1.165) is 37.2 Å². The van der Waals surface area contributed by atoms with Gasteiger partial charge < -0.3 is 10.1 Å². The number of amides is 1. The van der Waals surface area contributed by atoms with Gasteiger partial charge in [0.1, 0.15) is 11.3 Å². The molecule has 1 heterocycles. The first kappa shape index (κ1) is 19.8. The molecule has 0 spiro atoms. The van der Waals surface area contributed by atoms with Gasteiger partial charge in [-0.3, -0.25) is 19.8 Å². The van der Waals surface area contributed by atoms with Gasteiger partial charge >= 0.3 is 0 Å². The molecule has 1 saturated heterocycles. The van der Waals surface area contributed by atoms with Crippen molar-refractivity contribution in [2.45, 2.75) is 25.8 Å². The van der Waals surface area contributed by atoms with Crippen molar-refractivity contribution in [1.82, 2.24) is 10.2 Å². The number of hydrogen-bond donors (Lipinski definition) is 1. The molecule has 0 radical (unpaired) electrons. The van der Waals surface area contributed by atoms with Gasteiger partial charge in [0.2, 0.25) is 0 Å². The Balaban J connectivity index is 1.84. The Kier molecular flexibility index (Phi) is 6.26. The van der Waals surface area contributed by atoms with E-state index < -0.39 is 10.8 Å². The predicted molar refractivity (Wildman–Crippen MR) is 107 cm³/mol. The first-order valence-corrected chi connectivity index (χ1v) is 9.42. The van der Waals surface area contributed by atoms with Gasteiger partial charge in [0.05, 0.1) is 18.1 Å². The van der Waals surface area contributed by atoms with Crippen molar-refractivity contribution in [2.24, 2.45) is 0 Å². The van der Waals surface area contributed by atoms with Crippen molar-refractivity contribution >= 4 is 11.6 Å². The second-order valence-corrected chi connectivity index (χ2v) is 6.94. The number of carbonyl (C=O) groups is 1. The third-order valence-electron chi connectivity index (χ3n) is 5.20. The van der Waals surface area contributed by atoms with E-state index in [9.17, 15) is 14.9 Å². The molecule has 7 heteroatoms. The lowest BCUT2D eigenvalue weighted by atomic mass is 10.0. The van der Waals surface area contributed by atoms with Gasteiger partial charge in [-0.1, -0.05) is 30.3 Å². The molecule has 28 heavy (non-hydrogen) atoms. The van der Waals surface area contributed by atoms with E-state index in [4.69, 9.17) is 4.74 Å². The normalized spacial score (nSPS) is 15.2. The van der Waals surface area contributed by atoms with Gasteiger partial charge in [-0.2, -0.15) is 0 Å². The van der Waals surface area contributed by atoms with Crippen LogP contribution in [0.5, 0.6) is 5.75 Å². The molecule has 0 aromatic heterocycles. The molecule has 2 aromatic rings. The summed E-state index contributed by atoms with van der Waals surface area (Å²) in [5.74, 6) is 0.338. The number of carbonyl (C=O) groups excluding carboxylic acids is 1. The SMILES string of the molecule is COc1ccccc1C(CNC(=O)c1cccc(C)c1[N+](=O)[O-])N1CCCC1. The van der Waals surface area contributed by atoms with E-state index in [2.05, 4.69) is 10.2 Å². The number of hydrogen-bond acceptors (Lipinski definition) is 5. The van der Waals surface area contributed by atoms with E-state index in [1.54, 1.807) is 26.2 Å². The third kappa shape index (κ3) is 4.14. The van der Waals surface area contributed by atoms with Crippen molar-refractivity contribution < 1.29 is 14.5 Å². The van der Waals surface area contributed by atoms with E-state index in [1.807, 2.05) is 24.3 Å². The summed E-state index contributed by atoms with van der Waals surface area (Å²) < 4.78 is 5.51. The zero-order chi connectivity index (χ0) is 20.1. The second kappa shape index (κ2) is 8.84. The molecule has 1 aliphatic rings. The molecule has 0 aliphatic carbocycles. The lowest BCUT2D eigenvalue weighted by molar-refractivity contribution is -0.385. The van der Waals surface area contributed by atoms with Gasteiger partial charge in [0.25, 0.3) is 11.6 Å². The highest BCUT2D eigenvalue weighted by Gasteiger charge is 2.28. The fourth-order valence-electron chi connectivity index (χ4n) is 3.80. The highest BCUT2D eigenvalue weighted by atomic mass is 16.6. The molecule has 148 valence electrons. The van der Waals surface area contributed by atoms with Crippen LogP contribution in [0.3, 0.4) is 0 Å². The van der Waals surface area contributed by atoms with Crippen LogP contribution in [0.2, 0.25) is 0 Å². The Labute approximate surface area is 164 Å². The molecule has 0 bridgehead atoms. The van der Waals surface area contributed by atoms with Gasteiger partial charge in [-0.15, -0.1) is 0 Å². The maximum atomic E-state index is 12.8. The number of nitro benzene ring substituents is 1. The number of nitrogens with zero attached hydrogens (tertiary/aromatic N) is 2. The molecule has 1 fully saturated rings. The zero-order valence-corrected chi connectivity index (χ0v) is 16.2. The lowest BCUT2D eigenvalue weighted by Gasteiger charge is -2.29. The fraction of sp³-hybridized carbons (Fsp3) is 0.381. The molecule has 2 aromatic carbocycles. The topological polar surface area (TPSA) is 84.7 Å². The summed E-state index contributed by atoms with van der Waals surface area (Å²) in [7, 11) is 1.63. The van der Waals surface area contributed by atoms with Gasteiger partial charge in [-0.05, 0) is 45.0 Å². The summed E-state index contributed by atoms with van der Waals surface area (Å²) in [5.41, 5.74) is 1.42. The second-order valence-electron chi connectivity index (χ2n) is 6.94. The molecule has 1 unspecified atom stereocenters. The number of para-hydroxylation sites is 2. The predicted octanol–water partition coefficient (Wildman–Crippen LogP) is 3.48. The maximum absolute atomic E-state index is 12.8. The van der Waals surface area contributed by atoms with Crippen LogP contribution in [0.1, 0.15) is 40.4 Å². The molecule has 1 atom stereocenters. The van der Waals surface area contributed by atoms with E-state index in [0.29, 0.717) is 12.1 Å². The van der Waals surface area contributed by atoms with Gasteiger partial charge in [0, 0.05) is 17.7 Å². The average molecular weight is 383 g/mol. The molecule has 0 saturated carbocycles. The van der Waals surface area contributed by atoms with Crippen LogP contribution in [0.4, 0.5) is 5.69 Å². The number of methoxy groups -OCH3 is 1.